The van der Waals surface area contributed by atoms with Gasteiger partial charge in [0, 0.05) is 36.7 Å². The van der Waals surface area contributed by atoms with Crippen molar-refractivity contribution in [3.05, 3.63) is 66.4 Å². The molecule has 2 rings (SSSR count). The number of anilines is 1. The zero-order valence-corrected chi connectivity index (χ0v) is 10.3. The molecule has 0 bridgehead atoms. The SMILES string of the molecule is C=CC1=C(C=C)N(C)c2ccccc2C1OC. The number of hydrogen-bond donors (Lipinski definition) is 0. The molecule has 1 unspecified atom stereocenters. The van der Waals surface area contributed by atoms with Gasteiger partial charge in [-0.2, -0.15) is 0 Å². The van der Waals surface area contributed by atoms with Crippen LogP contribution < -0.4 is 4.90 Å². The van der Waals surface area contributed by atoms with E-state index >= 15 is 0 Å². The Morgan fingerprint density at radius 1 is 1.24 bits per heavy atom. The zero-order valence-electron chi connectivity index (χ0n) is 10.3. The van der Waals surface area contributed by atoms with Crippen LogP contribution in [-0.2, 0) is 4.74 Å². The molecule has 88 valence electrons. The van der Waals surface area contributed by atoms with E-state index in [1.807, 2.05) is 31.3 Å². The van der Waals surface area contributed by atoms with Crippen molar-refractivity contribution in [2.45, 2.75) is 6.10 Å². The quantitative estimate of drug-likeness (QED) is 0.784. The van der Waals surface area contributed by atoms with E-state index in [9.17, 15) is 0 Å². The number of likely N-dealkylation sites (N-methyl/N-ethyl adjacent to an activating group) is 1. The van der Waals surface area contributed by atoms with E-state index in [0.29, 0.717) is 0 Å². The standard InChI is InChI=1S/C15H17NO/c1-5-11-13(6-2)16(3)14-10-8-7-9-12(14)15(11)17-4/h5-10,15H,1-2H2,3-4H3. The Morgan fingerprint density at radius 2 is 1.94 bits per heavy atom. The number of rotatable bonds is 3. The topological polar surface area (TPSA) is 12.5 Å². The fraction of sp³-hybridized carbons (Fsp3) is 0.200. The lowest BCUT2D eigenvalue weighted by atomic mass is 9.93. The van der Waals surface area contributed by atoms with Gasteiger partial charge in [0.25, 0.3) is 0 Å². The molecule has 0 spiro atoms. The largest absolute Gasteiger partial charge is 0.372 e. The van der Waals surface area contributed by atoms with Gasteiger partial charge in [-0.1, -0.05) is 37.4 Å². The number of allylic oxidation sites excluding steroid dienone is 1. The molecule has 0 amide bonds. The van der Waals surface area contributed by atoms with E-state index in [4.69, 9.17) is 4.74 Å². The smallest absolute Gasteiger partial charge is 0.111 e. The predicted molar refractivity (Wildman–Crippen MR) is 72.0 cm³/mol. The molecule has 0 saturated carbocycles. The maximum absolute atomic E-state index is 5.60. The fourth-order valence-corrected chi connectivity index (χ4v) is 2.36. The molecule has 1 aliphatic heterocycles. The summed E-state index contributed by atoms with van der Waals surface area (Å²) in [7, 11) is 3.75. The molecule has 1 aromatic rings. The van der Waals surface area contributed by atoms with Crippen LogP contribution in [0.5, 0.6) is 0 Å². The van der Waals surface area contributed by atoms with Crippen LogP contribution in [0.3, 0.4) is 0 Å². The maximum Gasteiger partial charge on any atom is 0.111 e. The van der Waals surface area contributed by atoms with Crippen molar-refractivity contribution in [2.75, 3.05) is 19.1 Å². The first kappa shape index (κ1) is 11.7. The molecule has 1 aliphatic rings. The monoisotopic (exact) mass is 227 g/mol. The van der Waals surface area contributed by atoms with Gasteiger partial charge in [0.05, 0.1) is 0 Å². The third-order valence-electron chi connectivity index (χ3n) is 3.17. The summed E-state index contributed by atoms with van der Waals surface area (Å²) in [5, 5.41) is 0. The Hall–Kier alpha value is -1.80. The predicted octanol–water partition coefficient (Wildman–Crippen LogP) is 3.45. The molecule has 2 heteroatoms. The minimum absolute atomic E-state index is 0.0621. The summed E-state index contributed by atoms with van der Waals surface area (Å²) in [6.07, 6.45) is 3.63. The lowest BCUT2D eigenvalue weighted by molar-refractivity contribution is 0.134. The Kier molecular flexibility index (Phi) is 3.16. The Labute approximate surface area is 103 Å². The minimum atomic E-state index is -0.0621. The van der Waals surface area contributed by atoms with E-state index < -0.39 is 0 Å². The van der Waals surface area contributed by atoms with E-state index in [0.717, 1.165) is 22.5 Å². The summed E-state index contributed by atoms with van der Waals surface area (Å²) in [4.78, 5) is 2.12. The van der Waals surface area contributed by atoms with Crippen LogP contribution in [0.25, 0.3) is 0 Å². The van der Waals surface area contributed by atoms with Crippen LogP contribution in [0.2, 0.25) is 0 Å². The minimum Gasteiger partial charge on any atom is -0.372 e. The molecular weight excluding hydrogens is 210 g/mol. The lowest BCUT2D eigenvalue weighted by Gasteiger charge is -2.34. The van der Waals surface area contributed by atoms with Crippen LogP contribution in [0.1, 0.15) is 11.7 Å². The Morgan fingerprint density at radius 3 is 2.53 bits per heavy atom. The van der Waals surface area contributed by atoms with E-state index in [-0.39, 0.29) is 6.10 Å². The highest BCUT2D eigenvalue weighted by Crippen LogP contribution is 2.41. The van der Waals surface area contributed by atoms with Crippen LogP contribution >= 0.6 is 0 Å². The first-order valence-corrected chi connectivity index (χ1v) is 5.59. The summed E-state index contributed by atoms with van der Waals surface area (Å²) in [5.41, 5.74) is 4.42. The number of benzene rings is 1. The molecule has 0 fully saturated rings. The summed E-state index contributed by atoms with van der Waals surface area (Å²) in [5.74, 6) is 0. The Bertz CT molecular complexity index is 487. The highest BCUT2D eigenvalue weighted by Gasteiger charge is 2.27. The molecule has 0 aliphatic carbocycles. The summed E-state index contributed by atoms with van der Waals surface area (Å²) >= 11 is 0. The molecular formula is C15H17NO. The van der Waals surface area contributed by atoms with Crippen LogP contribution in [0.15, 0.2) is 60.8 Å². The van der Waals surface area contributed by atoms with Crippen molar-refractivity contribution in [1.82, 2.24) is 0 Å². The van der Waals surface area contributed by atoms with Gasteiger partial charge in [-0.3, -0.25) is 0 Å². The maximum atomic E-state index is 5.60. The highest BCUT2D eigenvalue weighted by molar-refractivity contribution is 5.67. The van der Waals surface area contributed by atoms with E-state index in [1.54, 1.807) is 7.11 Å². The zero-order chi connectivity index (χ0) is 12.4. The third kappa shape index (κ3) is 1.71. The number of para-hydroxylation sites is 1. The Balaban J connectivity index is 2.67. The van der Waals surface area contributed by atoms with Crippen LogP contribution in [0.4, 0.5) is 5.69 Å². The second kappa shape index (κ2) is 4.60. The molecule has 0 aromatic heterocycles. The highest BCUT2D eigenvalue weighted by atomic mass is 16.5. The first-order valence-electron chi connectivity index (χ1n) is 5.59. The molecule has 0 saturated heterocycles. The van der Waals surface area contributed by atoms with Gasteiger partial charge in [-0.15, -0.1) is 0 Å². The molecule has 2 nitrogen and oxygen atoms in total. The number of ether oxygens (including phenoxy) is 1. The van der Waals surface area contributed by atoms with Crippen molar-refractivity contribution in [3.8, 4) is 0 Å². The van der Waals surface area contributed by atoms with Crippen LogP contribution in [0, 0.1) is 0 Å². The van der Waals surface area contributed by atoms with Crippen molar-refractivity contribution < 1.29 is 4.74 Å². The second-order valence-corrected chi connectivity index (χ2v) is 3.98. The van der Waals surface area contributed by atoms with Gasteiger partial charge in [0.15, 0.2) is 0 Å². The summed E-state index contributed by atoms with van der Waals surface area (Å²) < 4.78 is 5.60. The number of methoxy groups -OCH3 is 1. The molecule has 17 heavy (non-hydrogen) atoms. The molecule has 1 heterocycles. The van der Waals surface area contributed by atoms with Gasteiger partial charge in [-0.25, -0.2) is 0 Å². The normalized spacial score (nSPS) is 18.9. The van der Waals surface area contributed by atoms with Crippen molar-refractivity contribution >= 4 is 5.69 Å². The molecule has 1 aromatic carbocycles. The van der Waals surface area contributed by atoms with E-state index in [2.05, 4.69) is 30.2 Å². The van der Waals surface area contributed by atoms with Gasteiger partial charge < -0.3 is 9.64 Å². The first-order chi connectivity index (χ1) is 8.24. The summed E-state index contributed by atoms with van der Waals surface area (Å²) in [6.45, 7) is 7.75. The third-order valence-corrected chi connectivity index (χ3v) is 3.17. The lowest BCUT2D eigenvalue weighted by Crippen LogP contribution is -2.26. The number of hydrogen-bond acceptors (Lipinski definition) is 2. The summed E-state index contributed by atoms with van der Waals surface area (Å²) in [6, 6.07) is 8.23. The van der Waals surface area contributed by atoms with Gasteiger partial charge >= 0.3 is 0 Å². The molecule has 0 radical (unpaired) electrons. The fourth-order valence-electron chi connectivity index (χ4n) is 2.36. The molecule has 1 atom stereocenters. The average molecular weight is 227 g/mol. The average Bonchev–Trinajstić information content (AvgIpc) is 2.38. The second-order valence-electron chi connectivity index (χ2n) is 3.98. The van der Waals surface area contributed by atoms with Gasteiger partial charge in [-0.05, 0) is 12.1 Å². The number of fused-ring (bicyclic) bond motifs is 1. The van der Waals surface area contributed by atoms with Gasteiger partial charge in [0.2, 0.25) is 0 Å². The van der Waals surface area contributed by atoms with Crippen molar-refractivity contribution in [3.63, 3.8) is 0 Å². The van der Waals surface area contributed by atoms with Crippen LogP contribution in [-0.4, -0.2) is 14.2 Å². The molecule has 0 N–H and O–H groups in total. The van der Waals surface area contributed by atoms with Crippen molar-refractivity contribution in [1.29, 1.82) is 0 Å². The van der Waals surface area contributed by atoms with Crippen molar-refractivity contribution in [2.24, 2.45) is 0 Å². The van der Waals surface area contributed by atoms with Gasteiger partial charge in [0.1, 0.15) is 6.10 Å². The number of nitrogens with zero attached hydrogens (tertiary/aromatic N) is 1. The van der Waals surface area contributed by atoms with E-state index in [1.165, 1.54) is 0 Å².